The fourth-order valence-electron chi connectivity index (χ4n) is 2.44. The van der Waals surface area contributed by atoms with Gasteiger partial charge < -0.3 is 5.32 Å². The minimum absolute atomic E-state index is 0.451. The lowest BCUT2D eigenvalue weighted by molar-refractivity contribution is 0.428. The minimum Gasteiger partial charge on any atom is -0.309 e. The van der Waals surface area contributed by atoms with Gasteiger partial charge in [0.05, 0.1) is 0 Å². The molecule has 1 unspecified atom stereocenters. The highest BCUT2D eigenvalue weighted by Crippen LogP contribution is 2.35. The van der Waals surface area contributed by atoms with E-state index in [0.29, 0.717) is 12.0 Å². The zero-order valence-corrected chi connectivity index (χ0v) is 14.9. The number of aryl methyl sites for hydroxylation is 1. The molecule has 0 amide bonds. The fraction of sp³-hybridized carbons (Fsp3) is 0.412. The maximum atomic E-state index is 3.59. The van der Waals surface area contributed by atoms with Gasteiger partial charge in [0.15, 0.2) is 0 Å². The number of thiophene rings is 1. The predicted molar refractivity (Wildman–Crippen MR) is 93.4 cm³/mol. The van der Waals surface area contributed by atoms with E-state index in [1.807, 2.05) is 11.3 Å². The van der Waals surface area contributed by atoms with Crippen LogP contribution in [0.3, 0.4) is 0 Å². The van der Waals surface area contributed by atoms with Crippen molar-refractivity contribution in [3.63, 3.8) is 0 Å². The number of rotatable bonds is 5. The van der Waals surface area contributed by atoms with Gasteiger partial charge in [0.2, 0.25) is 0 Å². The Labute approximate surface area is 134 Å². The second kappa shape index (κ2) is 6.88. The first kappa shape index (κ1) is 15.7. The molecule has 1 heterocycles. The number of hydrogen-bond donors (Lipinski definition) is 1. The van der Waals surface area contributed by atoms with Crippen LogP contribution in [0.15, 0.2) is 34.8 Å². The van der Waals surface area contributed by atoms with Crippen molar-refractivity contribution in [3.8, 4) is 10.4 Å². The van der Waals surface area contributed by atoms with Crippen LogP contribution in [0.4, 0.5) is 0 Å². The lowest BCUT2D eigenvalue weighted by Crippen LogP contribution is -2.24. The van der Waals surface area contributed by atoms with Crippen LogP contribution in [0.25, 0.3) is 10.4 Å². The Morgan fingerprint density at radius 2 is 1.95 bits per heavy atom. The highest BCUT2D eigenvalue weighted by atomic mass is 79.9. The van der Waals surface area contributed by atoms with Crippen molar-refractivity contribution >= 4 is 27.3 Å². The second-order valence-electron chi connectivity index (χ2n) is 5.50. The average Bonchev–Trinajstić information content (AvgIpc) is 2.83. The van der Waals surface area contributed by atoms with Crippen LogP contribution in [0, 0.1) is 12.8 Å². The maximum absolute atomic E-state index is 3.59. The first-order chi connectivity index (χ1) is 9.51. The van der Waals surface area contributed by atoms with Gasteiger partial charge in [-0.25, -0.2) is 0 Å². The first-order valence-corrected chi connectivity index (χ1v) is 8.73. The van der Waals surface area contributed by atoms with Crippen molar-refractivity contribution in [2.45, 2.75) is 33.7 Å². The number of nitrogens with one attached hydrogen (secondary N) is 1. The van der Waals surface area contributed by atoms with Gasteiger partial charge in [-0.15, -0.1) is 11.3 Å². The molecule has 0 saturated carbocycles. The van der Waals surface area contributed by atoms with Crippen molar-refractivity contribution in [3.05, 3.63) is 45.2 Å². The van der Waals surface area contributed by atoms with Crippen LogP contribution < -0.4 is 5.32 Å². The van der Waals surface area contributed by atoms with Crippen LogP contribution >= 0.6 is 27.3 Å². The molecule has 1 aromatic heterocycles. The van der Waals surface area contributed by atoms with Gasteiger partial charge >= 0.3 is 0 Å². The van der Waals surface area contributed by atoms with E-state index < -0.39 is 0 Å². The quantitative estimate of drug-likeness (QED) is 0.718. The molecule has 0 saturated heterocycles. The molecule has 0 aliphatic carbocycles. The summed E-state index contributed by atoms with van der Waals surface area (Å²) in [6.07, 6.45) is 0. The summed E-state index contributed by atoms with van der Waals surface area (Å²) in [6, 6.07) is 11.6. The van der Waals surface area contributed by atoms with Crippen LogP contribution in [-0.2, 0) is 0 Å². The molecule has 0 radical (unpaired) electrons. The molecule has 0 aliphatic rings. The van der Waals surface area contributed by atoms with Gasteiger partial charge in [0, 0.05) is 20.3 Å². The van der Waals surface area contributed by atoms with Crippen LogP contribution in [0.2, 0.25) is 0 Å². The Morgan fingerprint density at radius 3 is 2.55 bits per heavy atom. The smallest absolute Gasteiger partial charge is 0.0438 e. The molecule has 1 nitrogen and oxygen atoms in total. The lowest BCUT2D eigenvalue weighted by Gasteiger charge is -2.20. The first-order valence-electron chi connectivity index (χ1n) is 7.12. The van der Waals surface area contributed by atoms with Crippen LogP contribution in [0.1, 0.15) is 37.3 Å². The van der Waals surface area contributed by atoms with E-state index in [4.69, 9.17) is 0 Å². The SMILES string of the molecule is CCNC(c1ccc(-c2cc(C)cc(Br)c2)s1)C(C)C. The van der Waals surface area contributed by atoms with Crippen LogP contribution in [0.5, 0.6) is 0 Å². The van der Waals surface area contributed by atoms with Crippen molar-refractivity contribution in [2.75, 3.05) is 6.54 Å². The van der Waals surface area contributed by atoms with E-state index in [2.05, 4.69) is 79.3 Å². The van der Waals surface area contributed by atoms with Gasteiger partial charge in [-0.3, -0.25) is 0 Å². The standard InChI is InChI=1S/C17H22BrNS/c1-5-19-17(11(2)3)16-7-6-15(20-16)13-8-12(4)9-14(18)10-13/h6-11,17,19H,5H2,1-4H3. The summed E-state index contributed by atoms with van der Waals surface area (Å²) in [6.45, 7) is 9.86. The third kappa shape index (κ3) is 3.72. The zero-order chi connectivity index (χ0) is 14.7. The molecule has 1 aromatic carbocycles. The largest absolute Gasteiger partial charge is 0.309 e. The van der Waals surface area contributed by atoms with E-state index in [1.165, 1.54) is 20.9 Å². The Kier molecular flexibility index (Phi) is 5.42. The Hall–Kier alpha value is -0.640. The highest BCUT2D eigenvalue weighted by molar-refractivity contribution is 9.10. The summed E-state index contributed by atoms with van der Waals surface area (Å²) >= 11 is 5.48. The summed E-state index contributed by atoms with van der Waals surface area (Å²) < 4.78 is 1.15. The van der Waals surface area contributed by atoms with Crippen molar-refractivity contribution in [1.29, 1.82) is 0 Å². The van der Waals surface area contributed by atoms with E-state index in [9.17, 15) is 0 Å². The van der Waals surface area contributed by atoms with Crippen molar-refractivity contribution in [2.24, 2.45) is 5.92 Å². The topological polar surface area (TPSA) is 12.0 Å². The molecule has 108 valence electrons. The fourth-order valence-corrected chi connectivity index (χ4v) is 4.29. The van der Waals surface area contributed by atoms with Crippen molar-refractivity contribution < 1.29 is 0 Å². The molecule has 0 aliphatic heterocycles. The molecular formula is C17H22BrNS. The average molecular weight is 352 g/mol. The van der Waals surface area contributed by atoms with Gasteiger partial charge in [-0.05, 0) is 54.8 Å². The van der Waals surface area contributed by atoms with Gasteiger partial charge in [0.25, 0.3) is 0 Å². The summed E-state index contributed by atoms with van der Waals surface area (Å²) in [5.74, 6) is 0.602. The number of benzene rings is 1. The zero-order valence-electron chi connectivity index (χ0n) is 12.5. The number of hydrogen-bond acceptors (Lipinski definition) is 2. The summed E-state index contributed by atoms with van der Waals surface area (Å²) in [5.41, 5.74) is 2.59. The van der Waals surface area contributed by atoms with Crippen LogP contribution in [-0.4, -0.2) is 6.54 Å². The predicted octanol–water partition coefficient (Wildman–Crippen LogP) is 5.79. The summed E-state index contributed by atoms with van der Waals surface area (Å²) in [5, 5.41) is 3.59. The molecule has 20 heavy (non-hydrogen) atoms. The maximum Gasteiger partial charge on any atom is 0.0438 e. The molecule has 0 spiro atoms. The Morgan fingerprint density at radius 1 is 1.20 bits per heavy atom. The van der Waals surface area contributed by atoms with Gasteiger partial charge in [-0.1, -0.05) is 42.8 Å². The molecule has 1 atom stereocenters. The second-order valence-corrected chi connectivity index (χ2v) is 7.53. The van der Waals surface area contributed by atoms with Gasteiger partial charge in [0.1, 0.15) is 0 Å². The minimum atomic E-state index is 0.451. The van der Waals surface area contributed by atoms with E-state index >= 15 is 0 Å². The molecule has 3 heteroatoms. The van der Waals surface area contributed by atoms with Gasteiger partial charge in [-0.2, -0.15) is 0 Å². The third-order valence-corrected chi connectivity index (χ3v) is 5.03. The highest BCUT2D eigenvalue weighted by Gasteiger charge is 2.17. The summed E-state index contributed by atoms with van der Waals surface area (Å²) in [4.78, 5) is 2.77. The lowest BCUT2D eigenvalue weighted by atomic mass is 10.0. The molecule has 2 rings (SSSR count). The van der Waals surface area contributed by atoms with E-state index in [-0.39, 0.29) is 0 Å². The molecule has 2 aromatic rings. The Bertz CT molecular complexity index is 554. The molecular weight excluding hydrogens is 330 g/mol. The molecule has 0 bridgehead atoms. The Balaban J connectivity index is 2.32. The molecule has 0 fully saturated rings. The third-order valence-electron chi connectivity index (χ3n) is 3.35. The summed E-state index contributed by atoms with van der Waals surface area (Å²) in [7, 11) is 0. The molecule has 1 N–H and O–H groups in total. The number of halogens is 1. The monoisotopic (exact) mass is 351 g/mol. The van der Waals surface area contributed by atoms with E-state index in [0.717, 1.165) is 11.0 Å². The van der Waals surface area contributed by atoms with Crippen molar-refractivity contribution in [1.82, 2.24) is 5.32 Å². The normalized spacial score (nSPS) is 12.9. The van der Waals surface area contributed by atoms with E-state index in [1.54, 1.807) is 0 Å².